The van der Waals surface area contributed by atoms with E-state index < -0.39 is 0 Å². The molecule has 1 N–H and O–H groups in total. The number of amides is 2. The quantitative estimate of drug-likeness (QED) is 0.835. The van der Waals surface area contributed by atoms with Gasteiger partial charge in [0.25, 0.3) is 0 Å². The Labute approximate surface area is 133 Å². The molecule has 0 aliphatic rings. The van der Waals surface area contributed by atoms with Gasteiger partial charge in [0.1, 0.15) is 0 Å². The van der Waals surface area contributed by atoms with E-state index >= 15 is 0 Å². The van der Waals surface area contributed by atoms with Gasteiger partial charge in [-0.05, 0) is 30.4 Å². The molecule has 1 aromatic carbocycles. The normalized spacial score (nSPS) is 10.6. The molecule has 0 saturated carbocycles. The number of para-hydroxylation sites is 1. The first-order valence-corrected chi connectivity index (χ1v) is 8.01. The predicted molar refractivity (Wildman–Crippen MR) is 91.1 cm³/mol. The standard InChI is InChI=1S/C18H28N2O2/c1-6-7-11-20(15(5)21)12-17(22)19-18-14(4)9-8-10-16(18)13(2)3/h8-10,13H,6-7,11-12H2,1-5H3,(H,19,22). The second-order valence-electron chi connectivity index (χ2n) is 6.04. The summed E-state index contributed by atoms with van der Waals surface area (Å²) >= 11 is 0. The number of anilines is 1. The van der Waals surface area contributed by atoms with E-state index in [1.165, 1.54) is 6.92 Å². The molecule has 0 bridgehead atoms. The Bertz CT molecular complexity index is 524. The van der Waals surface area contributed by atoms with Crippen molar-refractivity contribution < 1.29 is 9.59 Å². The molecule has 0 heterocycles. The Balaban J connectivity index is 2.82. The van der Waals surface area contributed by atoms with Crippen LogP contribution in [0.2, 0.25) is 0 Å². The van der Waals surface area contributed by atoms with Crippen LogP contribution in [0, 0.1) is 6.92 Å². The molecular formula is C18H28N2O2. The first kappa shape index (κ1) is 18.2. The van der Waals surface area contributed by atoms with Crippen molar-refractivity contribution in [3.05, 3.63) is 29.3 Å². The molecule has 0 unspecified atom stereocenters. The van der Waals surface area contributed by atoms with Crippen molar-refractivity contribution in [2.24, 2.45) is 0 Å². The lowest BCUT2D eigenvalue weighted by Gasteiger charge is -2.22. The monoisotopic (exact) mass is 304 g/mol. The maximum absolute atomic E-state index is 12.3. The molecule has 0 atom stereocenters. The fraction of sp³-hybridized carbons (Fsp3) is 0.556. The fourth-order valence-corrected chi connectivity index (χ4v) is 2.39. The van der Waals surface area contributed by atoms with E-state index in [-0.39, 0.29) is 18.4 Å². The molecular weight excluding hydrogens is 276 g/mol. The number of hydrogen-bond donors (Lipinski definition) is 1. The smallest absolute Gasteiger partial charge is 0.244 e. The molecule has 0 aliphatic heterocycles. The van der Waals surface area contributed by atoms with Gasteiger partial charge in [0.05, 0.1) is 6.54 Å². The third-order valence-electron chi connectivity index (χ3n) is 3.75. The lowest BCUT2D eigenvalue weighted by atomic mass is 9.98. The molecule has 0 fully saturated rings. The molecule has 1 rings (SSSR count). The van der Waals surface area contributed by atoms with E-state index in [4.69, 9.17) is 0 Å². The van der Waals surface area contributed by atoms with Crippen LogP contribution in [-0.4, -0.2) is 29.8 Å². The summed E-state index contributed by atoms with van der Waals surface area (Å²) in [6, 6.07) is 6.03. The Morgan fingerprint density at radius 2 is 1.95 bits per heavy atom. The molecule has 4 nitrogen and oxygen atoms in total. The van der Waals surface area contributed by atoms with Crippen LogP contribution in [0.1, 0.15) is 57.6 Å². The van der Waals surface area contributed by atoms with E-state index in [0.717, 1.165) is 29.7 Å². The molecule has 22 heavy (non-hydrogen) atoms. The minimum atomic E-state index is -0.137. The Morgan fingerprint density at radius 1 is 1.27 bits per heavy atom. The van der Waals surface area contributed by atoms with E-state index in [2.05, 4.69) is 26.1 Å². The molecule has 0 saturated heterocycles. The van der Waals surface area contributed by atoms with E-state index in [0.29, 0.717) is 12.5 Å². The zero-order valence-electron chi connectivity index (χ0n) is 14.4. The molecule has 0 aromatic heterocycles. The first-order chi connectivity index (χ1) is 10.4. The average molecular weight is 304 g/mol. The van der Waals surface area contributed by atoms with Gasteiger partial charge in [0.15, 0.2) is 0 Å². The second kappa shape index (κ2) is 8.57. The summed E-state index contributed by atoms with van der Waals surface area (Å²) in [5.74, 6) is 0.138. The van der Waals surface area contributed by atoms with Gasteiger partial charge in [-0.3, -0.25) is 9.59 Å². The number of carbonyl (C=O) groups is 2. The maximum Gasteiger partial charge on any atom is 0.244 e. The zero-order valence-corrected chi connectivity index (χ0v) is 14.4. The summed E-state index contributed by atoms with van der Waals surface area (Å²) in [5.41, 5.74) is 3.04. The number of nitrogens with one attached hydrogen (secondary N) is 1. The number of carbonyl (C=O) groups excluding carboxylic acids is 2. The van der Waals surface area contributed by atoms with Gasteiger partial charge >= 0.3 is 0 Å². The minimum Gasteiger partial charge on any atom is -0.334 e. The van der Waals surface area contributed by atoms with Gasteiger partial charge < -0.3 is 10.2 Å². The maximum atomic E-state index is 12.3. The SMILES string of the molecule is CCCCN(CC(=O)Nc1c(C)cccc1C(C)C)C(C)=O. The number of aryl methyl sites for hydroxylation is 1. The van der Waals surface area contributed by atoms with Crippen molar-refractivity contribution in [2.75, 3.05) is 18.4 Å². The summed E-state index contributed by atoms with van der Waals surface area (Å²) in [5, 5.41) is 2.99. The highest BCUT2D eigenvalue weighted by molar-refractivity contribution is 5.95. The van der Waals surface area contributed by atoms with Crippen molar-refractivity contribution in [3.63, 3.8) is 0 Å². The number of unbranched alkanes of at least 4 members (excludes halogenated alkanes) is 1. The van der Waals surface area contributed by atoms with Crippen molar-refractivity contribution in [1.82, 2.24) is 4.90 Å². The Morgan fingerprint density at radius 3 is 2.50 bits per heavy atom. The number of nitrogens with zero attached hydrogens (tertiary/aromatic N) is 1. The molecule has 122 valence electrons. The summed E-state index contributed by atoms with van der Waals surface area (Å²) in [6.45, 7) is 10.5. The van der Waals surface area contributed by atoms with Gasteiger partial charge in [0.2, 0.25) is 11.8 Å². The van der Waals surface area contributed by atoms with Gasteiger partial charge in [-0.1, -0.05) is 45.4 Å². The summed E-state index contributed by atoms with van der Waals surface area (Å²) in [4.78, 5) is 25.5. The molecule has 2 amide bonds. The molecule has 4 heteroatoms. The lowest BCUT2D eigenvalue weighted by Crippen LogP contribution is -2.37. The van der Waals surface area contributed by atoms with Crippen LogP contribution >= 0.6 is 0 Å². The molecule has 1 aromatic rings. The lowest BCUT2D eigenvalue weighted by molar-refractivity contribution is -0.132. The van der Waals surface area contributed by atoms with Crippen molar-refractivity contribution in [1.29, 1.82) is 0 Å². The Hall–Kier alpha value is -1.84. The molecule has 0 radical (unpaired) electrons. The van der Waals surface area contributed by atoms with Crippen LogP contribution < -0.4 is 5.32 Å². The summed E-state index contributed by atoms with van der Waals surface area (Å²) in [7, 11) is 0. The molecule has 0 spiro atoms. The topological polar surface area (TPSA) is 49.4 Å². The Kier molecular flexibility index (Phi) is 7.09. The second-order valence-corrected chi connectivity index (χ2v) is 6.04. The average Bonchev–Trinajstić information content (AvgIpc) is 2.45. The number of benzene rings is 1. The van der Waals surface area contributed by atoms with Gasteiger partial charge in [-0.25, -0.2) is 0 Å². The van der Waals surface area contributed by atoms with Gasteiger partial charge in [-0.15, -0.1) is 0 Å². The number of rotatable bonds is 7. The zero-order chi connectivity index (χ0) is 16.7. The van der Waals surface area contributed by atoms with Crippen molar-refractivity contribution >= 4 is 17.5 Å². The van der Waals surface area contributed by atoms with Gasteiger partial charge in [-0.2, -0.15) is 0 Å². The molecule has 0 aliphatic carbocycles. The van der Waals surface area contributed by atoms with Crippen LogP contribution in [0.15, 0.2) is 18.2 Å². The summed E-state index contributed by atoms with van der Waals surface area (Å²) < 4.78 is 0. The van der Waals surface area contributed by atoms with Crippen LogP contribution in [0.5, 0.6) is 0 Å². The van der Waals surface area contributed by atoms with Crippen LogP contribution in [0.3, 0.4) is 0 Å². The van der Waals surface area contributed by atoms with E-state index in [1.54, 1.807) is 4.90 Å². The number of hydrogen-bond acceptors (Lipinski definition) is 2. The van der Waals surface area contributed by atoms with Crippen LogP contribution in [0.4, 0.5) is 5.69 Å². The van der Waals surface area contributed by atoms with E-state index in [1.807, 2.05) is 25.1 Å². The third kappa shape index (κ3) is 5.17. The highest BCUT2D eigenvalue weighted by atomic mass is 16.2. The van der Waals surface area contributed by atoms with Crippen LogP contribution in [-0.2, 0) is 9.59 Å². The largest absolute Gasteiger partial charge is 0.334 e. The third-order valence-corrected chi connectivity index (χ3v) is 3.75. The summed E-state index contributed by atoms with van der Waals surface area (Å²) in [6.07, 6.45) is 1.91. The minimum absolute atomic E-state index is 0.0579. The highest BCUT2D eigenvalue weighted by Gasteiger charge is 2.16. The van der Waals surface area contributed by atoms with Gasteiger partial charge in [0, 0.05) is 19.2 Å². The fourth-order valence-electron chi connectivity index (χ4n) is 2.39. The van der Waals surface area contributed by atoms with Crippen molar-refractivity contribution in [3.8, 4) is 0 Å². The van der Waals surface area contributed by atoms with Crippen molar-refractivity contribution in [2.45, 2.75) is 53.4 Å². The first-order valence-electron chi connectivity index (χ1n) is 8.01. The highest BCUT2D eigenvalue weighted by Crippen LogP contribution is 2.27. The van der Waals surface area contributed by atoms with E-state index in [9.17, 15) is 9.59 Å². The predicted octanol–water partition coefficient (Wildman–Crippen LogP) is 3.71. The van der Waals surface area contributed by atoms with Crippen LogP contribution in [0.25, 0.3) is 0 Å².